The van der Waals surface area contributed by atoms with Gasteiger partial charge in [-0.05, 0) is 66.9 Å². The quantitative estimate of drug-likeness (QED) is 0.489. The van der Waals surface area contributed by atoms with E-state index in [2.05, 4.69) is 10.3 Å². The molecule has 0 unspecified atom stereocenters. The molecular formula is C24H25FN4O5S. The van der Waals surface area contributed by atoms with E-state index in [1.807, 2.05) is 30.7 Å². The molecule has 0 radical (unpaired) electrons. The summed E-state index contributed by atoms with van der Waals surface area (Å²) in [5.41, 5.74) is 2.81. The van der Waals surface area contributed by atoms with Crippen LogP contribution >= 0.6 is 0 Å². The van der Waals surface area contributed by atoms with Gasteiger partial charge in [0.2, 0.25) is 0 Å². The van der Waals surface area contributed by atoms with Crippen molar-refractivity contribution in [1.82, 2.24) is 9.71 Å². The molecule has 0 bridgehead atoms. The average molecular weight is 501 g/mol. The fraction of sp³-hybridized carbons (Fsp3) is 0.250. The highest BCUT2D eigenvalue weighted by atomic mass is 32.2. The number of hydrogen-bond acceptors (Lipinski definition) is 7. The summed E-state index contributed by atoms with van der Waals surface area (Å²) in [7, 11) is -2.68. The number of hydrogen-bond donors (Lipinski definition) is 2. The summed E-state index contributed by atoms with van der Waals surface area (Å²) >= 11 is 0. The fourth-order valence-corrected chi connectivity index (χ4v) is 4.90. The highest BCUT2D eigenvalue weighted by molar-refractivity contribution is 7.92. The molecule has 9 nitrogen and oxygen atoms in total. The largest absolute Gasteiger partial charge is 0.497 e. The van der Waals surface area contributed by atoms with E-state index in [9.17, 15) is 13.2 Å². The Hall–Kier alpha value is -3.86. The highest BCUT2D eigenvalue weighted by Crippen LogP contribution is 2.36. The van der Waals surface area contributed by atoms with Crippen LogP contribution in [0.2, 0.25) is 0 Å². The van der Waals surface area contributed by atoms with Crippen molar-refractivity contribution in [1.29, 1.82) is 0 Å². The van der Waals surface area contributed by atoms with Crippen LogP contribution in [0.5, 0.6) is 11.5 Å². The second-order valence-electron chi connectivity index (χ2n) is 8.12. The maximum Gasteiger partial charge on any atom is 0.326 e. The highest BCUT2D eigenvalue weighted by Gasteiger charge is 2.37. The number of aromatic nitrogens is 1. The molecule has 1 fully saturated rings. The van der Waals surface area contributed by atoms with Gasteiger partial charge in [-0.15, -0.1) is 0 Å². The standard InChI is InChI=1S/C24H25FN4O5S/c1-15-8-16(2)27-22(9-15)26-12-18-10-20(25)24(29-13-23(30)28-35(29,31)32)21(11-18)34-14-17-4-6-19(33-3)7-5-17/h4-11H,12-14H2,1-3H3,(H,26,27)(H,28,30). The molecule has 2 aromatic carbocycles. The molecule has 0 aliphatic carbocycles. The van der Waals surface area contributed by atoms with Gasteiger partial charge in [-0.3, -0.25) is 4.79 Å². The smallest absolute Gasteiger partial charge is 0.326 e. The Balaban J connectivity index is 1.65. The molecule has 1 aliphatic rings. The summed E-state index contributed by atoms with van der Waals surface area (Å²) in [6, 6.07) is 13.6. The lowest BCUT2D eigenvalue weighted by atomic mass is 10.1. The van der Waals surface area contributed by atoms with Crippen molar-refractivity contribution in [3.63, 3.8) is 0 Å². The average Bonchev–Trinajstić information content (AvgIpc) is 3.07. The van der Waals surface area contributed by atoms with E-state index in [0.717, 1.165) is 16.8 Å². The van der Waals surface area contributed by atoms with Crippen LogP contribution in [0.25, 0.3) is 0 Å². The molecule has 0 saturated carbocycles. The van der Waals surface area contributed by atoms with E-state index < -0.39 is 28.5 Å². The number of anilines is 2. The van der Waals surface area contributed by atoms with Gasteiger partial charge < -0.3 is 14.8 Å². The van der Waals surface area contributed by atoms with Crippen molar-refractivity contribution < 1.29 is 27.1 Å². The number of benzene rings is 2. The summed E-state index contributed by atoms with van der Waals surface area (Å²) in [4.78, 5) is 16.2. The van der Waals surface area contributed by atoms with Crippen LogP contribution in [0.3, 0.4) is 0 Å². The molecule has 1 saturated heterocycles. The third-order valence-corrected chi connectivity index (χ3v) is 6.66. The van der Waals surface area contributed by atoms with Crippen LogP contribution in [-0.4, -0.2) is 33.0 Å². The van der Waals surface area contributed by atoms with Gasteiger partial charge >= 0.3 is 10.2 Å². The van der Waals surface area contributed by atoms with Crippen LogP contribution in [-0.2, 0) is 28.2 Å². The summed E-state index contributed by atoms with van der Waals surface area (Å²) in [5, 5.41) is 3.15. The van der Waals surface area contributed by atoms with Crippen molar-refractivity contribution in [3.05, 3.63) is 76.7 Å². The van der Waals surface area contributed by atoms with Crippen LogP contribution in [0.4, 0.5) is 15.9 Å². The first-order valence-electron chi connectivity index (χ1n) is 10.8. The number of ether oxygens (including phenoxy) is 2. The monoisotopic (exact) mass is 500 g/mol. The minimum Gasteiger partial charge on any atom is -0.497 e. The first-order chi connectivity index (χ1) is 16.6. The van der Waals surface area contributed by atoms with Gasteiger partial charge in [0, 0.05) is 12.2 Å². The Bertz CT molecular complexity index is 1340. The number of aryl methyl sites for hydroxylation is 2. The minimum atomic E-state index is -4.23. The zero-order chi connectivity index (χ0) is 25.2. The Morgan fingerprint density at radius 3 is 2.49 bits per heavy atom. The van der Waals surface area contributed by atoms with Gasteiger partial charge in [0.15, 0.2) is 5.82 Å². The van der Waals surface area contributed by atoms with E-state index in [1.165, 1.54) is 6.07 Å². The molecule has 4 rings (SSSR count). The molecule has 1 aromatic heterocycles. The van der Waals surface area contributed by atoms with Crippen LogP contribution in [0.15, 0.2) is 48.5 Å². The van der Waals surface area contributed by atoms with Gasteiger partial charge in [0.05, 0.1) is 7.11 Å². The Morgan fingerprint density at radius 1 is 1.11 bits per heavy atom. The van der Waals surface area contributed by atoms with Crippen molar-refractivity contribution in [3.8, 4) is 11.5 Å². The zero-order valence-corrected chi connectivity index (χ0v) is 20.3. The molecule has 3 aromatic rings. The molecule has 1 aliphatic heterocycles. The predicted molar refractivity (Wildman–Crippen MR) is 129 cm³/mol. The van der Waals surface area contributed by atoms with E-state index in [0.29, 0.717) is 21.4 Å². The number of pyridine rings is 1. The lowest BCUT2D eigenvalue weighted by Crippen LogP contribution is -2.30. The number of carbonyl (C=O) groups is 1. The normalized spacial score (nSPS) is 14.5. The third-order valence-electron chi connectivity index (χ3n) is 5.28. The van der Waals surface area contributed by atoms with E-state index in [1.54, 1.807) is 37.4 Å². The molecule has 184 valence electrons. The lowest BCUT2D eigenvalue weighted by molar-refractivity contribution is -0.117. The number of amides is 1. The van der Waals surface area contributed by atoms with E-state index in [4.69, 9.17) is 9.47 Å². The van der Waals surface area contributed by atoms with Crippen LogP contribution in [0.1, 0.15) is 22.4 Å². The van der Waals surface area contributed by atoms with Crippen molar-refractivity contribution >= 4 is 27.6 Å². The van der Waals surface area contributed by atoms with Crippen LogP contribution < -0.4 is 23.8 Å². The van der Waals surface area contributed by atoms with Crippen molar-refractivity contribution in [2.75, 3.05) is 23.3 Å². The Kier molecular flexibility index (Phi) is 6.79. The van der Waals surface area contributed by atoms with E-state index in [-0.39, 0.29) is 24.6 Å². The zero-order valence-electron chi connectivity index (χ0n) is 19.5. The molecule has 35 heavy (non-hydrogen) atoms. The number of halogens is 1. The summed E-state index contributed by atoms with van der Waals surface area (Å²) < 4.78 is 53.7. The minimum absolute atomic E-state index is 0.00826. The lowest BCUT2D eigenvalue weighted by Gasteiger charge is -2.21. The van der Waals surface area contributed by atoms with Gasteiger partial charge in [0.1, 0.15) is 36.2 Å². The molecule has 2 N–H and O–H groups in total. The van der Waals surface area contributed by atoms with Crippen LogP contribution in [0, 0.1) is 19.7 Å². The fourth-order valence-electron chi connectivity index (χ4n) is 3.73. The second-order valence-corrected chi connectivity index (χ2v) is 9.72. The topological polar surface area (TPSA) is 110 Å². The molecule has 2 heterocycles. The van der Waals surface area contributed by atoms with E-state index >= 15 is 4.39 Å². The number of carbonyl (C=O) groups excluding carboxylic acids is 1. The van der Waals surface area contributed by atoms with Gasteiger partial charge in [-0.1, -0.05) is 12.1 Å². The molecule has 0 spiro atoms. The number of methoxy groups -OCH3 is 1. The Morgan fingerprint density at radius 2 is 1.86 bits per heavy atom. The molecule has 11 heteroatoms. The Labute approximate surface area is 203 Å². The first-order valence-corrected chi connectivity index (χ1v) is 12.2. The predicted octanol–water partition coefficient (Wildman–Crippen LogP) is 3.22. The molecule has 1 amide bonds. The summed E-state index contributed by atoms with van der Waals surface area (Å²) in [5.74, 6) is -0.295. The second kappa shape index (κ2) is 9.79. The SMILES string of the molecule is COc1ccc(COc2cc(CNc3cc(C)cc(C)n3)cc(F)c2N2CC(=O)NS2(=O)=O)cc1. The first kappa shape index (κ1) is 24.3. The van der Waals surface area contributed by atoms with Gasteiger partial charge in [-0.2, -0.15) is 8.42 Å². The maximum absolute atomic E-state index is 15.3. The molecular weight excluding hydrogens is 475 g/mol. The van der Waals surface area contributed by atoms with Gasteiger partial charge in [-0.25, -0.2) is 18.4 Å². The van der Waals surface area contributed by atoms with Crippen molar-refractivity contribution in [2.45, 2.75) is 27.0 Å². The number of nitrogens with one attached hydrogen (secondary N) is 2. The summed E-state index contributed by atoms with van der Waals surface area (Å²) in [6.07, 6.45) is 0. The molecule has 0 atom stereocenters. The van der Waals surface area contributed by atoms with Crippen molar-refractivity contribution in [2.24, 2.45) is 0 Å². The third kappa shape index (κ3) is 5.62. The summed E-state index contributed by atoms with van der Waals surface area (Å²) in [6.45, 7) is 3.55. The number of rotatable bonds is 8. The number of nitrogens with zero attached hydrogens (tertiary/aromatic N) is 2. The maximum atomic E-state index is 15.3. The van der Waals surface area contributed by atoms with Gasteiger partial charge in [0.25, 0.3) is 5.91 Å².